The number of amides is 3. The molecule has 1 atom stereocenters. The minimum absolute atomic E-state index is 0.0467. The molecule has 56 heavy (non-hydrogen) atoms. The Balaban J connectivity index is 1.49. The van der Waals surface area contributed by atoms with Gasteiger partial charge in [0.25, 0.3) is 0 Å². The number of rotatable bonds is 22. The van der Waals surface area contributed by atoms with E-state index in [1.165, 1.54) is 19.3 Å². The van der Waals surface area contributed by atoms with E-state index in [4.69, 9.17) is 18.9 Å². The van der Waals surface area contributed by atoms with Gasteiger partial charge in [-0.2, -0.15) is 0 Å². The zero-order valence-electron chi connectivity index (χ0n) is 33.6. The summed E-state index contributed by atoms with van der Waals surface area (Å²) in [6.07, 6.45) is 9.72. The molecule has 0 spiro atoms. The fourth-order valence-electron chi connectivity index (χ4n) is 6.34. The summed E-state index contributed by atoms with van der Waals surface area (Å²) in [7, 11) is 0. The van der Waals surface area contributed by atoms with Crippen LogP contribution in [0.25, 0.3) is 0 Å². The number of carbonyl (C=O) groups is 5. The summed E-state index contributed by atoms with van der Waals surface area (Å²) in [5.41, 5.74) is 0.992. The maximum absolute atomic E-state index is 13.6. The van der Waals surface area contributed by atoms with Crippen molar-refractivity contribution in [2.24, 2.45) is 11.8 Å². The van der Waals surface area contributed by atoms with Gasteiger partial charge in [0.05, 0.1) is 12.5 Å². The van der Waals surface area contributed by atoms with Gasteiger partial charge in [0.2, 0.25) is 11.8 Å². The number of alkyl carbamates (subject to hydrolysis) is 1. The third-order valence-corrected chi connectivity index (χ3v) is 10.3. The summed E-state index contributed by atoms with van der Waals surface area (Å²) in [5.74, 6) is -0.246. The van der Waals surface area contributed by atoms with Gasteiger partial charge in [0.15, 0.2) is 0 Å². The number of esters is 1. The second-order valence-electron chi connectivity index (χ2n) is 15.5. The van der Waals surface area contributed by atoms with Gasteiger partial charge in [-0.15, -0.1) is 0 Å². The molecule has 3 rings (SSSR count). The van der Waals surface area contributed by atoms with Crippen molar-refractivity contribution in [1.29, 1.82) is 0 Å². The monoisotopic (exact) mass is 843 g/mol. The van der Waals surface area contributed by atoms with Gasteiger partial charge in [-0.05, 0) is 95.4 Å². The molecule has 13 heteroatoms. The van der Waals surface area contributed by atoms with Gasteiger partial charge in [0.1, 0.15) is 24.0 Å². The highest BCUT2D eigenvalue weighted by Crippen LogP contribution is 2.29. The number of benzene rings is 2. The number of hydrogen-bond acceptors (Lipinski definition) is 9. The number of ether oxygens (including phenoxy) is 4. The molecule has 3 amide bonds. The van der Waals surface area contributed by atoms with Gasteiger partial charge in [0, 0.05) is 36.0 Å². The smallest absolute Gasteiger partial charge is 0.465 e. The SMILES string of the molecule is CCCCCCCOC(=O)C1CCC(CNC(=O)[C@H](Cc2ccc(OC(=O)OCc3ccccc3Br)cc2)NC(=O)CCCCCNC(=O)OC(C)(C)C)CC1. The Bertz CT molecular complexity index is 1520. The van der Waals surface area contributed by atoms with Crippen LogP contribution in [0.1, 0.15) is 122 Å². The van der Waals surface area contributed by atoms with Crippen molar-refractivity contribution < 1.29 is 42.9 Å². The quantitative estimate of drug-likeness (QED) is 0.0456. The molecular formula is C43H62BrN3O9. The average molecular weight is 845 g/mol. The summed E-state index contributed by atoms with van der Waals surface area (Å²) in [6, 6.07) is 13.3. The van der Waals surface area contributed by atoms with Crippen LogP contribution in [-0.2, 0) is 41.6 Å². The number of carbonyl (C=O) groups excluding carboxylic acids is 5. The third kappa shape index (κ3) is 19.1. The summed E-state index contributed by atoms with van der Waals surface area (Å²) >= 11 is 3.43. The van der Waals surface area contributed by atoms with Crippen LogP contribution in [-0.4, -0.2) is 61.4 Å². The molecule has 0 aliphatic heterocycles. The first kappa shape index (κ1) is 46.3. The standard InChI is InChI=1S/C43H62BrN3O9/c1-5-6-7-8-14-27-53-40(50)33-22-18-32(19-23-33)29-46-39(49)37(47-38(48)17-10-9-13-26-45-41(51)56-43(2,3)4)28-31-20-24-35(25-21-31)55-42(52)54-30-34-15-11-12-16-36(34)44/h11-12,15-16,20-21,24-25,32-33,37H,5-10,13-14,17-19,22-23,26-30H2,1-4H3,(H,45,51)(H,46,49)(H,47,48)/t32?,33?,37-/m0/s1. The van der Waals surface area contributed by atoms with E-state index in [9.17, 15) is 24.0 Å². The highest BCUT2D eigenvalue weighted by Gasteiger charge is 2.29. The molecule has 0 aromatic heterocycles. The van der Waals surface area contributed by atoms with E-state index in [0.29, 0.717) is 39.0 Å². The minimum Gasteiger partial charge on any atom is -0.465 e. The Morgan fingerprint density at radius 3 is 2.21 bits per heavy atom. The number of unbranched alkanes of at least 4 members (excludes halogenated alkanes) is 6. The van der Waals surface area contributed by atoms with Crippen LogP contribution in [0.4, 0.5) is 9.59 Å². The van der Waals surface area contributed by atoms with Gasteiger partial charge in [-0.25, -0.2) is 9.59 Å². The maximum atomic E-state index is 13.6. The van der Waals surface area contributed by atoms with E-state index in [2.05, 4.69) is 38.8 Å². The van der Waals surface area contributed by atoms with Crippen LogP contribution >= 0.6 is 15.9 Å². The topological polar surface area (TPSA) is 158 Å². The number of hydrogen-bond donors (Lipinski definition) is 3. The van der Waals surface area contributed by atoms with E-state index in [1.807, 2.05) is 24.3 Å². The van der Waals surface area contributed by atoms with Crippen molar-refractivity contribution in [3.05, 3.63) is 64.1 Å². The first-order valence-corrected chi connectivity index (χ1v) is 21.0. The van der Waals surface area contributed by atoms with E-state index in [0.717, 1.165) is 54.1 Å². The van der Waals surface area contributed by atoms with Crippen molar-refractivity contribution in [1.82, 2.24) is 16.0 Å². The Labute approximate surface area is 341 Å². The summed E-state index contributed by atoms with van der Waals surface area (Å²) in [4.78, 5) is 63.4. The van der Waals surface area contributed by atoms with Gasteiger partial charge < -0.3 is 34.9 Å². The molecule has 1 saturated carbocycles. The van der Waals surface area contributed by atoms with E-state index >= 15 is 0 Å². The lowest BCUT2D eigenvalue weighted by atomic mass is 9.82. The minimum atomic E-state index is -0.845. The highest BCUT2D eigenvalue weighted by molar-refractivity contribution is 9.10. The lowest BCUT2D eigenvalue weighted by Crippen LogP contribution is -2.49. The Morgan fingerprint density at radius 2 is 1.52 bits per heavy atom. The average Bonchev–Trinajstić information content (AvgIpc) is 3.16. The second-order valence-corrected chi connectivity index (χ2v) is 16.3. The van der Waals surface area contributed by atoms with E-state index in [-0.39, 0.29) is 54.8 Å². The third-order valence-electron chi connectivity index (χ3n) is 9.51. The predicted molar refractivity (Wildman–Crippen MR) is 218 cm³/mol. The summed E-state index contributed by atoms with van der Waals surface area (Å²) < 4.78 is 22.2. The normalized spacial score (nSPS) is 15.9. The summed E-state index contributed by atoms with van der Waals surface area (Å²) in [5, 5.41) is 8.69. The molecular weight excluding hydrogens is 782 g/mol. The molecule has 12 nitrogen and oxygen atoms in total. The van der Waals surface area contributed by atoms with E-state index in [1.54, 1.807) is 45.0 Å². The molecule has 0 radical (unpaired) electrons. The van der Waals surface area contributed by atoms with Crippen LogP contribution in [0.2, 0.25) is 0 Å². The Morgan fingerprint density at radius 1 is 0.821 bits per heavy atom. The number of halogens is 1. The maximum Gasteiger partial charge on any atom is 0.514 e. The number of nitrogens with one attached hydrogen (secondary N) is 3. The molecule has 2 aromatic rings. The molecule has 310 valence electrons. The molecule has 3 N–H and O–H groups in total. The van der Waals surface area contributed by atoms with Gasteiger partial charge in [-0.3, -0.25) is 14.4 Å². The fraction of sp³-hybridized carbons (Fsp3) is 0.605. The highest BCUT2D eigenvalue weighted by atomic mass is 79.9. The molecule has 0 unspecified atom stereocenters. The predicted octanol–water partition coefficient (Wildman–Crippen LogP) is 8.71. The van der Waals surface area contributed by atoms with Crippen molar-refractivity contribution in [2.75, 3.05) is 19.7 Å². The van der Waals surface area contributed by atoms with Crippen LogP contribution < -0.4 is 20.7 Å². The van der Waals surface area contributed by atoms with Gasteiger partial charge >= 0.3 is 18.2 Å². The molecule has 1 aliphatic rings. The Hall–Kier alpha value is -4.13. The molecule has 1 fully saturated rings. The van der Waals surface area contributed by atoms with Crippen LogP contribution in [0.3, 0.4) is 0 Å². The Kier molecular flexibility index (Phi) is 20.8. The molecule has 0 bridgehead atoms. The lowest BCUT2D eigenvalue weighted by Gasteiger charge is -2.28. The second kappa shape index (κ2) is 25.2. The first-order chi connectivity index (χ1) is 26.8. The van der Waals surface area contributed by atoms with E-state index < -0.39 is 23.9 Å². The van der Waals surface area contributed by atoms with Crippen LogP contribution in [0.5, 0.6) is 5.75 Å². The van der Waals surface area contributed by atoms with Crippen molar-refractivity contribution >= 4 is 46.0 Å². The summed E-state index contributed by atoms with van der Waals surface area (Å²) in [6.45, 7) is 8.99. The van der Waals surface area contributed by atoms with Crippen molar-refractivity contribution in [3.63, 3.8) is 0 Å². The zero-order chi connectivity index (χ0) is 40.8. The zero-order valence-corrected chi connectivity index (χ0v) is 35.2. The first-order valence-electron chi connectivity index (χ1n) is 20.2. The largest absolute Gasteiger partial charge is 0.514 e. The molecule has 0 heterocycles. The van der Waals surface area contributed by atoms with Gasteiger partial charge in [-0.1, -0.05) is 85.3 Å². The molecule has 2 aromatic carbocycles. The van der Waals surface area contributed by atoms with Crippen molar-refractivity contribution in [2.45, 2.75) is 136 Å². The lowest BCUT2D eigenvalue weighted by molar-refractivity contribution is -0.150. The fourth-order valence-corrected chi connectivity index (χ4v) is 6.74. The van der Waals surface area contributed by atoms with Crippen LogP contribution in [0, 0.1) is 11.8 Å². The molecule has 1 aliphatic carbocycles. The molecule has 0 saturated heterocycles. The van der Waals surface area contributed by atoms with Crippen LogP contribution in [0.15, 0.2) is 53.0 Å². The van der Waals surface area contributed by atoms with Crippen molar-refractivity contribution in [3.8, 4) is 5.75 Å².